The van der Waals surface area contributed by atoms with Crippen LogP contribution in [0.3, 0.4) is 0 Å². The molecule has 3 aromatic carbocycles. The number of amides is 1. The number of carbonyl (C=O) groups excluding carboxylic acids is 1. The average Bonchev–Trinajstić information content (AvgIpc) is 2.72. The van der Waals surface area contributed by atoms with Gasteiger partial charge in [0.15, 0.2) is 6.10 Å². The number of carbonyl (C=O) groups is 1. The first-order valence-corrected chi connectivity index (χ1v) is 11.0. The molecule has 1 atom stereocenters. The number of benzene rings is 3. The van der Waals surface area contributed by atoms with Crippen molar-refractivity contribution in [1.82, 2.24) is 0 Å². The summed E-state index contributed by atoms with van der Waals surface area (Å²) >= 11 is 0. The lowest BCUT2D eigenvalue weighted by molar-refractivity contribution is -0.122. The average molecular weight is 425 g/mol. The highest BCUT2D eigenvalue weighted by Crippen LogP contribution is 2.24. The number of rotatable bonds is 7. The summed E-state index contributed by atoms with van der Waals surface area (Å²) in [5.41, 5.74) is 2.74. The first kappa shape index (κ1) is 21.4. The van der Waals surface area contributed by atoms with Gasteiger partial charge in [0, 0.05) is 5.69 Å². The third kappa shape index (κ3) is 5.18. The normalized spacial score (nSPS) is 12.1. The fraction of sp³-hybridized carbons (Fsp3) is 0.174. The molecule has 0 heterocycles. The van der Waals surface area contributed by atoms with Gasteiger partial charge < -0.3 is 10.1 Å². The number of sulfonamides is 1. The van der Waals surface area contributed by atoms with Crippen LogP contribution in [-0.4, -0.2) is 20.4 Å². The highest BCUT2D eigenvalue weighted by molar-refractivity contribution is 7.92. The van der Waals surface area contributed by atoms with E-state index in [2.05, 4.69) is 10.0 Å². The van der Waals surface area contributed by atoms with Crippen LogP contribution in [0.25, 0.3) is 0 Å². The smallest absolute Gasteiger partial charge is 0.265 e. The Balaban J connectivity index is 1.67. The van der Waals surface area contributed by atoms with E-state index >= 15 is 0 Å². The molecular weight excluding hydrogens is 400 g/mol. The summed E-state index contributed by atoms with van der Waals surface area (Å²) in [4.78, 5) is 12.5. The predicted molar refractivity (Wildman–Crippen MR) is 118 cm³/mol. The molecule has 7 heteroatoms. The fourth-order valence-corrected chi connectivity index (χ4v) is 4.09. The molecule has 1 amide bonds. The second-order valence-electron chi connectivity index (χ2n) is 6.96. The molecular formula is C23H24N2O4S. The molecule has 0 fully saturated rings. The monoisotopic (exact) mass is 424 g/mol. The number of anilines is 2. The molecule has 0 aromatic heterocycles. The molecule has 0 bridgehead atoms. The van der Waals surface area contributed by atoms with Crippen LogP contribution in [0.4, 0.5) is 11.4 Å². The topological polar surface area (TPSA) is 84.5 Å². The van der Waals surface area contributed by atoms with Crippen molar-refractivity contribution in [3.8, 4) is 5.75 Å². The van der Waals surface area contributed by atoms with Crippen molar-refractivity contribution >= 4 is 27.3 Å². The van der Waals surface area contributed by atoms with E-state index in [4.69, 9.17) is 4.74 Å². The van der Waals surface area contributed by atoms with Crippen LogP contribution in [0.5, 0.6) is 5.75 Å². The van der Waals surface area contributed by atoms with E-state index in [-0.39, 0.29) is 10.8 Å². The number of aryl methyl sites for hydroxylation is 2. The highest BCUT2D eigenvalue weighted by Gasteiger charge is 2.18. The molecule has 30 heavy (non-hydrogen) atoms. The van der Waals surface area contributed by atoms with Crippen LogP contribution in [0.2, 0.25) is 0 Å². The van der Waals surface area contributed by atoms with E-state index in [0.29, 0.717) is 17.1 Å². The van der Waals surface area contributed by atoms with Crippen molar-refractivity contribution in [3.05, 3.63) is 83.9 Å². The van der Waals surface area contributed by atoms with Gasteiger partial charge in [-0.1, -0.05) is 36.4 Å². The summed E-state index contributed by atoms with van der Waals surface area (Å²) in [7, 11) is -3.75. The minimum absolute atomic E-state index is 0.108. The van der Waals surface area contributed by atoms with E-state index in [1.165, 1.54) is 12.1 Å². The molecule has 3 rings (SSSR count). The van der Waals surface area contributed by atoms with Crippen LogP contribution in [-0.2, 0) is 14.8 Å². The van der Waals surface area contributed by atoms with Crippen LogP contribution >= 0.6 is 0 Å². The minimum atomic E-state index is -3.75. The Morgan fingerprint density at radius 2 is 1.47 bits per heavy atom. The maximum Gasteiger partial charge on any atom is 0.265 e. The number of nitrogens with one attached hydrogen (secondary N) is 2. The molecule has 3 aromatic rings. The third-order valence-corrected chi connectivity index (χ3v) is 5.94. The van der Waals surface area contributed by atoms with Gasteiger partial charge in [0.1, 0.15) is 5.75 Å². The van der Waals surface area contributed by atoms with E-state index in [1.807, 2.05) is 50.2 Å². The maximum atomic E-state index is 12.7. The van der Waals surface area contributed by atoms with Gasteiger partial charge >= 0.3 is 0 Å². The van der Waals surface area contributed by atoms with Crippen molar-refractivity contribution in [2.45, 2.75) is 31.8 Å². The molecule has 1 unspecified atom stereocenters. The lowest BCUT2D eigenvalue weighted by atomic mass is 10.1. The standard InChI is InChI=1S/C23H24N2O4S/c1-16-8-7-9-17(2)22(16)25-30(27,28)21-14-12-19(13-15-21)24-23(26)18(3)29-20-10-5-4-6-11-20/h4-15,18,25H,1-3H3,(H,24,26). The summed E-state index contributed by atoms with van der Waals surface area (Å²) in [5.74, 6) is 0.266. The quantitative estimate of drug-likeness (QED) is 0.584. The van der Waals surface area contributed by atoms with E-state index in [9.17, 15) is 13.2 Å². The van der Waals surface area contributed by atoms with Crippen molar-refractivity contribution in [2.75, 3.05) is 10.0 Å². The van der Waals surface area contributed by atoms with Gasteiger partial charge in [-0.2, -0.15) is 0 Å². The highest BCUT2D eigenvalue weighted by atomic mass is 32.2. The Kier molecular flexibility index (Phi) is 6.42. The van der Waals surface area contributed by atoms with Crippen LogP contribution in [0.1, 0.15) is 18.1 Å². The molecule has 0 aliphatic rings. The van der Waals surface area contributed by atoms with Gasteiger partial charge in [-0.25, -0.2) is 8.42 Å². The van der Waals surface area contributed by atoms with Gasteiger partial charge in [-0.15, -0.1) is 0 Å². The first-order chi connectivity index (χ1) is 14.3. The molecule has 2 N–H and O–H groups in total. The van der Waals surface area contributed by atoms with Crippen LogP contribution in [0.15, 0.2) is 77.7 Å². The molecule has 0 radical (unpaired) electrons. The van der Waals surface area contributed by atoms with Crippen molar-refractivity contribution in [2.24, 2.45) is 0 Å². The maximum absolute atomic E-state index is 12.7. The summed E-state index contributed by atoms with van der Waals surface area (Å²) in [6.45, 7) is 5.35. The van der Waals surface area contributed by atoms with Gasteiger partial charge in [0.25, 0.3) is 15.9 Å². The number of hydrogen-bond donors (Lipinski definition) is 2. The van der Waals surface area contributed by atoms with Gasteiger partial charge in [0.2, 0.25) is 0 Å². The zero-order valence-corrected chi connectivity index (χ0v) is 17.9. The summed E-state index contributed by atoms with van der Waals surface area (Å²) in [6, 6.07) is 20.6. The Morgan fingerprint density at radius 1 is 0.867 bits per heavy atom. The zero-order valence-electron chi connectivity index (χ0n) is 17.0. The van der Waals surface area contributed by atoms with Gasteiger partial charge in [-0.3, -0.25) is 9.52 Å². The molecule has 0 spiro atoms. The largest absolute Gasteiger partial charge is 0.481 e. The SMILES string of the molecule is Cc1cccc(C)c1NS(=O)(=O)c1ccc(NC(=O)C(C)Oc2ccccc2)cc1. The number of para-hydroxylation sites is 2. The zero-order chi connectivity index (χ0) is 21.7. The first-order valence-electron chi connectivity index (χ1n) is 9.48. The minimum Gasteiger partial charge on any atom is -0.481 e. The molecule has 0 saturated heterocycles. The van der Waals surface area contributed by atoms with Crippen LogP contribution < -0.4 is 14.8 Å². The van der Waals surface area contributed by atoms with Gasteiger partial charge in [-0.05, 0) is 68.3 Å². The lowest BCUT2D eigenvalue weighted by Crippen LogP contribution is -2.30. The molecule has 0 aliphatic carbocycles. The Morgan fingerprint density at radius 3 is 2.07 bits per heavy atom. The molecule has 156 valence electrons. The van der Waals surface area contributed by atoms with Crippen molar-refractivity contribution in [3.63, 3.8) is 0 Å². The van der Waals surface area contributed by atoms with Gasteiger partial charge in [0.05, 0.1) is 10.6 Å². The number of hydrogen-bond acceptors (Lipinski definition) is 4. The van der Waals surface area contributed by atoms with Crippen LogP contribution in [0, 0.1) is 13.8 Å². The van der Waals surface area contributed by atoms with E-state index in [0.717, 1.165) is 11.1 Å². The van der Waals surface area contributed by atoms with E-state index in [1.54, 1.807) is 31.2 Å². The summed E-state index contributed by atoms with van der Waals surface area (Å²) < 4.78 is 33.7. The van der Waals surface area contributed by atoms with E-state index < -0.39 is 16.1 Å². The fourth-order valence-electron chi connectivity index (χ4n) is 2.89. The molecule has 0 aliphatic heterocycles. The number of ether oxygens (including phenoxy) is 1. The Labute approximate surface area is 177 Å². The summed E-state index contributed by atoms with van der Waals surface area (Å²) in [5, 5.41) is 2.73. The van der Waals surface area contributed by atoms with Crippen molar-refractivity contribution < 1.29 is 17.9 Å². The third-order valence-electron chi connectivity index (χ3n) is 4.57. The van der Waals surface area contributed by atoms with Crippen molar-refractivity contribution in [1.29, 1.82) is 0 Å². The predicted octanol–water partition coefficient (Wildman–Crippen LogP) is 4.51. The summed E-state index contributed by atoms with van der Waals surface area (Å²) in [6.07, 6.45) is -0.707. The second kappa shape index (κ2) is 9.00. The second-order valence-corrected chi connectivity index (χ2v) is 8.64. The lowest BCUT2D eigenvalue weighted by Gasteiger charge is -2.15. The Hall–Kier alpha value is -3.32. The Bertz CT molecular complexity index is 1110. The molecule has 6 nitrogen and oxygen atoms in total. The molecule has 0 saturated carbocycles.